The number of fused-ring (bicyclic) bond motifs is 1. The first-order chi connectivity index (χ1) is 9.89. The number of nitrogens with two attached hydrogens (primary N) is 1. The molecule has 3 nitrogen and oxygen atoms in total. The van der Waals surface area contributed by atoms with Gasteiger partial charge >= 0.3 is 0 Å². The first-order valence-electron chi connectivity index (χ1n) is 7.28. The summed E-state index contributed by atoms with van der Waals surface area (Å²) >= 11 is 2.00. The summed E-state index contributed by atoms with van der Waals surface area (Å²) in [5.74, 6) is 0. The van der Waals surface area contributed by atoms with Gasteiger partial charge in [0.15, 0.2) is 0 Å². The molecule has 3 unspecified atom stereocenters. The van der Waals surface area contributed by atoms with Gasteiger partial charge in [0.1, 0.15) is 5.37 Å². The van der Waals surface area contributed by atoms with Crippen LogP contribution in [0.5, 0.6) is 0 Å². The van der Waals surface area contributed by atoms with Crippen LogP contribution in [0.25, 0.3) is 0 Å². The molecule has 3 rings (SSSR count). The van der Waals surface area contributed by atoms with E-state index in [-0.39, 0.29) is 16.8 Å². The number of hydrogen-bond acceptors (Lipinski definition) is 4. The molecule has 0 saturated carbocycles. The fraction of sp³-hybridized carbons (Fsp3) is 0.412. The Bertz CT molecular complexity index is 567. The minimum absolute atomic E-state index is 0.188. The standard InChI is InChI=1S/C17H23N3S/c1-11(14(18)13-8-6-5-7-9-13)19-15-12(2)20-10-17(3,4)21-16(15)20/h5-9,14-16,19H,1-2,10,18H2,3-4H3. The number of nitrogens with zero attached hydrogens (tertiary/aromatic N) is 1. The van der Waals surface area contributed by atoms with E-state index in [1.807, 2.05) is 42.1 Å². The zero-order chi connectivity index (χ0) is 15.2. The van der Waals surface area contributed by atoms with Crippen LogP contribution in [0.15, 0.2) is 54.9 Å². The smallest absolute Gasteiger partial charge is 0.101 e. The molecule has 112 valence electrons. The Morgan fingerprint density at radius 3 is 2.76 bits per heavy atom. The summed E-state index contributed by atoms with van der Waals surface area (Å²) in [4.78, 5) is 2.38. The number of thioether (sulfide) groups is 1. The van der Waals surface area contributed by atoms with Crippen molar-refractivity contribution in [3.63, 3.8) is 0 Å². The summed E-state index contributed by atoms with van der Waals surface area (Å²) in [6.45, 7) is 14.0. The van der Waals surface area contributed by atoms with Crippen LogP contribution in [0.2, 0.25) is 0 Å². The highest BCUT2D eigenvalue weighted by Gasteiger charge is 2.52. The number of benzene rings is 1. The summed E-state index contributed by atoms with van der Waals surface area (Å²) in [5.41, 5.74) is 9.38. The Morgan fingerprint density at radius 1 is 1.43 bits per heavy atom. The minimum Gasteiger partial charge on any atom is -0.376 e. The van der Waals surface area contributed by atoms with Gasteiger partial charge in [0, 0.05) is 22.7 Å². The topological polar surface area (TPSA) is 41.3 Å². The van der Waals surface area contributed by atoms with Crippen molar-refractivity contribution in [2.45, 2.75) is 36.1 Å². The second kappa shape index (κ2) is 5.11. The molecule has 0 radical (unpaired) electrons. The van der Waals surface area contributed by atoms with E-state index in [9.17, 15) is 0 Å². The molecule has 0 spiro atoms. The molecular weight excluding hydrogens is 278 g/mol. The van der Waals surface area contributed by atoms with Crippen molar-refractivity contribution in [2.24, 2.45) is 5.73 Å². The van der Waals surface area contributed by atoms with E-state index in [1.165, 1.54) is 0 Å². The molecule has 0 bridgehead atoms. The molecular formula is C17H23N3S. The quantitative estimate of drug-likeness (QED) is 0.897. The average Bonchev–Trinajstić information content (AvgIpc) is 2.77. The number of hydrogen-bond donors (Lipinski definition) is 2. The zero-order valence-corrected chi connectivity index (χ0v) is 13.5. The summed E-state index contributed by atoms with van der Waals surface area (Å²) in [6.07, 6.45) is 0. The molecule has 0 aliphatic carbocycles. The molecule has 1 aromatic carbocycles. The molecule has 2 saturated heterocycles. The highest BCUT2D eigenvalue weighted by Crippen LogP contribution is 2.50. The predicted molar refractivity (Wildman–Crippen MR) is 90.7 cm³/mol. The van der Waals surface area contributed by atoms with E-state index in [2.05, 4.69) is 37.2 Å². The van der Waals surface area contributed by atoms with E-state index in [0.29, 0.717) is 5.37 Å². The lowest BCUT2D eigenvalue weighted by atomic mass is 9.99. The van der Waals surface area contributed by atoms with Gasteiger partial charge in [-0.05, 0) is 19.4 Å². The van der Waals surface area contributed by atoms with E-state index in [0.717, 1.165) is 23.5 Å². The van der Waals surface area contributed by atoms with Crippen LogP contribution >= 0.6 is 11.8 Å². The van der Waals surface area contributed by atoms with Crippen LogP contribution < -0.4 is 11.1 Å². The lowest BCUT2D eigenvalue weighted by Gasteiger charge is -2.47. The zero-order valence-electron chi connectivity index (χ0n) is 12.7. The Morgan fingerprint density at radius 2 is 2.10 bits per heavy atom. The van der Waals surface area contributed by atoms with Gasteiger partial charge in [-0.1, -0.05) is 43.5 Å². The second-order valence-electron chi connectivity index (χ2n) is 6.42. The van der Waals surface area contributed by atoms with E-state index in [1.54, 1.807) is 0 Å². The molecule has 2 aliphatic heterocycles. The Hall–Kier alpha value is -1.39. The van der Waals surface area contributed by atoms with E-state index in [4.69, 9.17) is 5.73 Å². The SMILES string of the molecule is C=C(NC1C(=C)N2CC(C)(C)SC12)C(N)c1ccccc1. The molecule has 0 aromatic heterocycles. The molecule has 0 amide bonds. The summed E-state index contributed by atoms with van der Waals surface area (Å²) in [7, 11) is 0. The minimum atomic E-state index is -0.188. The summed E-state index contributed by atoms with van der Waals surface area (Å²) in [5, 5.41) is 3.94. The van der Waals surface area contributed by atoms with Crippen molar-refractivity contribution < 1.29 is 0 Å². The maximum Gasteiger partial charge on any atom is 0.101 e. The van der Waals surface area contributed by atoms with Crippen LogP contribution in [0.3, 0.4) is 0 Å². The van der Waals surface area contributed by atoms with Gasteiger partial charge in [-0.2, -0.15) is 0 Å². The Kier molecular flexibility index (Phi) is 3.54. The third kappa shape index (κ3) is 2.58. The molecule has 2 heterocycles. The van der Waals surface area contributed by atoms with Crippen molar-refractivity contribution in [2.75, 3.05) is 6.54 Å². The third-order valence-electron chi connectivity index (χ3n) is 4.19. The lowest BCUT2D eigenvalue weighted by Crippen LogP contribution is -2.59. The number of nitrogens with one attached hydrogen (secondary N) is 1. The van der Waals surface area contributed by atoms with Crippen molar-refractivity contribution in [1.29, 1.82) is 0 Å². The summed E-state index contributed by atoms with van der Waals surface area (Å²) < 4.78 is 0.285. The Labute approximate surface area is 131 Å². The predicted octanol–water partition coefficient (Wildman–Crippen LogP) is 2.84. The maximum atomic E-state index is 6.29. The molecule has 3 atom stereocenters. The van der Waals surface area contributed by atoms with Crippen LogP contribution in [-0.4, -0.2) is 27.6 Å². The maximum absolute atomic E-state index is 6.29. The monoisotopic (exact) mass is 301 g/mol. The molecule has 2 fully saturated rings. The first kappa shape index (κ1) is 14.5. The largest absolute Gasteiger partial charge is 0.376 e. The van der Waals surface area contributed by atoms with Gasteiger partial charge in [-0.25, -0.2) is 0 Å². The van der Waals surface area contributed by atoms with E-state index >= 15 is 0 Å². The van der Waals surface area contributed by atoms with E-state index < -0.39 is 0 Å². The molecule has 3 N–H and O–H groups in total. The first-order valence-corrected chi connectivity index (χ1v) is 8.16. The van der Waals surface area contributed by atoms with Gasteiger partial charge in [0.25, 0.3) is 0 Å². The number of rotatable bonds is 4. The highest BCUT2D eigenvalue weighted by molar-refractivity contribution is 8.01. The van der Waals surface area contributed by atoms with Gasteiger partial charge < -0.3 is 16.0 Å². The highest BCUT2D eigenvalue weighted by atomic mass is 32.2. The summed E-state index contributed by atoms with van der Waals surface area (Å²) in [6, 6.07) is 10.1. The van der Waals surface area contributed by atoms with Gasteiger partial charge in [0.05, 0.1) is 12.1 Å². The lowest BCUT2D eigenvalue weighted by molar-refractivity contribution is 0.190. The fourth-order valence-corrected chi connectivity index (χ4v) is 4.57. The van der Waals surface area contributed by atoms with Crippen molar-refractivity contribution in [3.05, 3.63) is 60.4 Å². The van der Waals surface area contributed by atoms with Crippen LogP contribution in [0.1, 0.15) is 25.5 Å². The van der Waals surface area contributed by atoms with Crippen molar-refractivity contribution >= 4 is 11.8 Å². The Balaban J connectivity index is 1.65. The average molecular weight is 301 g/mol. The van der Waals surface area contributed by atoms with Gasteiger partial charge in [-0.3, -0.25) is 0 Å². The second-order valence-corrected chi connectivity index (χ2v) is 8.25. The fourth-order valence-electron chi connectivity index (χ4n) is 3.01. The van der Waals surface area contributed by atoms with Crippen LogP contribution in [0, 0.1) is 0 Å². The molecule has 1 aromatic rings. The van der Waals surface area contributed by atoms with Gasteiger partial charge in [-0.15, -0.1) is 11.8 Å². The third-order valence-corrected chi connectivity index (χ3v) is 5.72. The normalized spacial score (nSPS) is 27.8. The molecule has 21 heavy (non-hydrogen) atoms. The van der Waals surface area contributed by atoms with Crippen molar-refractivity contribution in [1.82, 2.24) is 10.2 Å². The van der Waals surface area contributed by atoms with Crippen molar-refractivity contribution in [3.8, 4) is 0 Å². The molecule has 2 aliphatic rings. The molecule has 4 heteroatoms. The van der Waals surface area contributed by atoms with Crippen LogP contribution in [0.4, 0.5) is 0 Å². The van der Waals surface area contributed by atoms with Crippen LogP contribution in [-0.2, 0) is 0 Å². The van der Waals surface area contributed by atoms with Gasteiger partial charge in [0.2, 0.25) is 0 Å².